The molecule has 9 heteroatoms. The Morgan fingerprint density at radius 2 is 1.59 bits per heavy atom. The molecule has 1 fully saturated rings. The molecule has 0 heterocycles. The number of nitrogens with zero attached hydrogens (tertiary/aromatic N) is 2. The second-order valence-electron chi connectivity index (χ2n) is 10.4. The van der Waals surface area contributed by atoms with Crippen molar-refractivity contribution < 1.29 is 22.7 Å². The third-order valence-corrected chi connectivity index (χ3v) is 9.32. The van der Waals surface area contributed by atoms with Crippen molar-refractivity contribution in [3.05, 3.63) is 90.0 Å². The van der Waals surface area contributed by atoms with Crippen LogP contribution in [0.3, 0.4) is 0 Å². The van der Waals surface area contributed by atoms with E-state index in [4.69, 9.17) is 4.74 Å². The number of ether oxygens (including phenoxy) is 1. The van der Waals surface area contributed by atoms with E-state index in [1.807, 2.05) is 38.1 Å². The molecule has 0 bridgehead atoms. The molecule has 0 saturated heterocycles. The molecule has 0 spiro atoms. The van der Waals surface area contributed by atoms with Gasteiger partial charge in [0.25, 0.3) is 10.0 Å². The summed E-state index contributed by atoms with van der Waals surface area (Å²) in [6.45, 7) is 3.58. The fourth-order valence-electron chi connectivity index (χ4n) is 5.18. The highest BCUT2D eigenvalue weighted by Crippen LogP contribution is 2.26. The van der Waals surface area contributed by atoms with Gasteiger partial charge in [-0.1, -0.05) is 67.8 Å². The SMILES string of the molecule is CCC(C(=O)NC1CCCC1)N(Cc1ccc(C)cc1)C(=O)CN(c1ccccc1)S(=O)(=O)c1ccc(OC)cc1. The van der Waals surface area contributed by atoms with Crippen LogP contribution in [0.1, 0.15) is 50.2 Å². The summed E-state index contributed by atoms with van der Waals surface area (Å²) < 4.78 is 34.1. The van der Waals surface area contributed by atoms with Gasteiger partial charge in [0.05, 0.1) is 17.7 Å². The highest BCUT2D eigenvalue weighted by Gasteiger charge is 2.34. The Balaban J connectivity index is 1.68. The van der Waals surface area contributed by atoms with Crippen molar-refractivity contribution in [1.29, 1.82) is 0 Å². The number of amides is 2. The van der Waals surface area contributed by atoms with Crippen LogP contribution < -0.4 is 14.4 Å². The minimum Gasteiger partial charge on any atom is -0.497 e. The van der Waals surface area contributed by atoms with Crippen LogP contribution in [0.4, 0.5) is 5.69 Å². The molecule has 1 aliphatic rings. The molecule has 1 saturated carbocycles. The second kappa shape index (κ2) is 13.7. The average Bonchev–Trinajstić information content (AvgIpc) is 3.50. The maximum Gasteiger partial charge on any atom is 0.264 e. The molecule has 8 nitrogen and oxygen atoms in total. The van der Waals surface area contributed by atoms with Gasteiger partial charge in [-0.3, -0.25) is 13.9 Å². The standard InChI is InChI=1S/C32H39N3O5S/c1-4-30(32(37)33-26-10-8-9-11-26)34(22-25-16-14-24(2)15-17-25)31(36)23-35(27-12-6-5-7-13-27)41(38,39)29-20-18-28(40-3)19-21-29/h5-7,12-21,26,30H,4,8-11,22-23H2,1-3H3,(H,33,37). The van der Waals surface area contributed by atoms with Crippen LogP contribution in [0.5, 0.6) is 5.75 Å². The zero-order chi connectivity index (χ0) is 29.4. The number of rotatable bonds is 12. The van der Waals surface area contributed by atoms with E-state index in [2.05, 4.69) is 5.32 Å². The van der Waals surface area contributed by atoms with Crippen molar-refractivity contribution in [2.75, 3.05) is 18.0 Å². The fraction of sp³-hybridized carbons (Fsp3) is 0.375. The van der Waals surface area contributed by atoms with E-state index in [9.17, 15) is 18.0 Å². The lowest BCUT2D eigenvalue weighted by atomic mass is 10.1. The van der Waals surface area contributed by atoms with Gasteiger partial charge < -0.3 is 15.0 Å². The minimum absolute atomic E-state index is 0.0334. The predicted octanol–water partition coefficient (Wildman–Crippen LogP) is 5.07. The predicted molar refractivity (Wildman–Crippen MR) is 160 cm³/mol. The fourth-order valence-corrected chi connectivity index (χ4v) is 6.59. The summed E-state index contributed by atoms with van der Waals surface area (Å²) in [5.74, 6) is -0.140. The van der Waals surface area contributed by atoms with E-state index < -0.39 is 28.5 Å². The summed E-state index contributed by atoms with van der Waals surface area (Å²) >= 11 is 0. The van der Waals surface area contributed by atoms with Gasteiger partial charge in [0.1, 0.15) is 18.3 Å². The Morgan fingerprint density at radius 3 is 2.17 bits per heavy atom. The lowest BCUT2D eigenvalue weighted by Gasteiger charge is -2.33. The molecule has 3 aromatic carbocycles. The van der Waals surface area contributed by atoms with E-state index in [0.29, 0.717) is 17.9 Å². The Labute approximate surface area is 243 Å². The lowest BCUT2D eigenvalue weighted by Crippen LogP contribution is -2.53. The molecular weight excluding hydrogens is 538 g/mol. The molecule has 41 heavy (non-hydrogen) atoms. The summed E-state index contributed by atoms with van der Waals surface area (Å²) in [5.41, 5.74) is 2.30. The molecule has 218 valence electrons. The van der Waals surface area contributed by atoms with Crippen LogP contribution >= 0.6 is 0 Å². The zero-order valence-electron chi connectivity index (χ0n) is 24.0. The van der Waals surface area contributed by atoms with Crippen LogP contribution in [0.25, 0.3) is 0 Å². The highest BCUT2D eigenvalue weighted by molar-refractivity contribution is 7.92. The smallest absolute Gasteiger partial charge is 0.264 e. The van der Waals surface area contributed by atoms with Gasteiger partial charge in [0, 0.05) is 12.6 Å². The number of sulfonamides is 1. The third-order valence-electron chi connectivity index (χ3n) is 7.53. The van der Waals surface area contributed by atoms with Crippen molar-refractivity contribution >= 4 is 27.5 Å². The molecule has 1 unspecified atom stereocenters. The number of hydrogen-bond acceptors (Lipinski definition) is 5. The first-order chi connectivity index (χ1) is 19.7. The van der Waals surface area contributed by atoms with Gasteiger partial charge in [-0.15, -0.1) is 0 Å². The summed E-state index contributed by atoms with van der Waals surface area (Å²) in [6, 6.07) is 21.8. The summed E-state index contributed by atoms with van der Waals surface area (Å²) in [6.07, 6.45) is 4.39. The topological polar surface area (TPSA) is 96.0 Å². The van der Waals surface area contributed by atoms with E-state index in [-0.39, 0.29) is 23.4 Å². The Hall–Kier alpha value is -3.85. The molecular formula is C32H39N3O5S. The third kappa shape index (κ3) is 7.47. The highest BCUT2D eigenvalue weighted by atomic mass is 32.2. The first kappa shape index (κ1) is 30.1. The number of hydrogen-bond donors (Lipinski definition) is 1. The number of carbonyl (C=O) groups excluding carboxylic acids is 2. The van der Waals surface area contributed by atoms with Crippen molar-refractivity contribution in [3.8, 4) is 5.75 Å². The Bertz CT molecular complexity index is 1400. The zero-order valence-corrected chi connectivity index (χ0v) is 24.8. The number of aryl methyl sites for hydroxylation is 1. The van der Waals surface area contributed by atoms with Crippen molar-refractivity contribution in [3.63, 3.8) is 0 Å². The molecule has 1 aliphatic carbocycles. The molecule has 0 radical (unpaired) electrons. The number of nitrogens with one attached hydrogen (secondary N) is 1. The van der Waals surface area contributed by atoms with Gasteiger partial charge in [-0.05, 0) is 68.1 Å². The largest absolute Gasteiger partial charge is 0.497 e. The van der Waals surface area contributed by atoms with Gasteiger partial charge in [-0.2, -0.15) is 0 Å². The van der Waals surface area contributed by atoms with Gasteiger partial charge in [-0.25, -0.2) is 8.42 Å². The number of benzene rings is 3. The Kier molecular flexibility index (Phi) is 10.0. The van der Waals surface area contributed by atoms with E-state index in [1.54, 1.807) is 42.5 Å². The first-order valence-electron chi connectivity index (χ1n) is 14.1. The summed E-state index contributed by atoms with van der Waals surface area (Å²) in [4.78, 5) is 29.2. The van der Waals surface area contributed by atoms with Crippen LogP contribution in [0.15, 0.2) is 83.8 Å². The van der Waals surface area contributed by atoms with Crippen LogP contribution in [0.2, 0.25) is 0 Å². The average molecular weight is 578 g/mol. The van der Waals surface area contributed by atoms with Gasteiger partial charge in [0.2, 0.25) is 11.8 Å². The van der Waals surface area contributed by atoms with Gasteiger partial charge in [0.15, 0.2) is 0 Å². The molecule has 1 N–H and O–H groups in total. The maximum absolute atomic E-state index is 14.1. The van der Waals surface area contributed by atoms with Crippen molar-refractivity contribution in [2.24, 2.45) is 0 Å². The molecule has 0 aromatic heterocycles. The van der Waals surface area contributed by atoms with E-state index in [1.165, 1.54) is 24.1 Å². The van der Waals surface area contributed by atoms with Gasteiger partial charge >= 0.3 is 0 Å². The number of carbonyl (C=O) groups is 2. The number of methoxy groups -OCH3 is 1. The van der Waals surface area contributed by atoms with E-state index >= 15 is 0 Å². The quantitative estimate of drug-likeness (QED) is 0.325. The molecule has 4 rings (SSSR count). The summed E-state index contributed by atoms with van der Waals surface area (Å²) in [5, 5.41) is 3.14. The van der Waals surface area contributed by atoms with Crippen LogP contribution in [0, 0.1) is 6.92 Å². The van der Waals surface area contributed by atoms with Crippen molar-refractivity contribution in [1.82, 2.24) is 10.2 Å². The first-order valence-corrected chi connectivity index (χ1v) is 15.5. The van der Waals surface area contributed by atoms with Crippen LogP contribution in [-0.2, 0) is 26.2 Å². The second-order valence-corrected chi connectivity index (χ2v) is 12.3. The summed E-state index contributed by atoms with van der Waals surface area (Å²) in [7, 11) is -2.62. The molecule has 2 amide bonds. The minimum atomic E-state index is -4.13. The monoisotopic (exact) mass is 577 g/mol. The number of anilines is 1. The lowest BCUT2D eigenvalue weighted by molar-refractivity contribution is -0.140. The van der Waals surface area contributed by atoms with E-state index in [0.717, 1.165) is 41.1 Å². The molecule has 0 aliphatic heterocycles. The molecule has 3 aromatic rings. The number of para-hydroxylation sites is 1. The Morgan fingerprint density at radius 1 is 0.951 bits per heavy atom. The maximum atomic E-state index is 14.1. The molecule has 1 atom stereocenters. The normalized spacial score (nSPS) is 14.3. The van der Waals surface area contributed by atoms with Crippen molar-refractivity contribution in [2.45, 2.75) is 69.5 Å². The van der Waals surface area contributed by atoms with Crippen LogP contribution in [-0.4, -0.2) is 50.9 Å².